The number of ether oxygens (including phenoxy) is 2. The average Bonchev–Trinajstić information content (AvgIpc) is 3.33. The van der Waals surface area contributed by atoms with Crippen molar-refractivity contribution in [2.45, 2.75) is 6.61 Å². The number of aromatic nitrogens is 4. The summed E-state index contributed by atoms with van der Waals surface area (Å²) in [5, 5.41) is 10.1. The molecule has 29 heavy (non-hydrogen) atoms. The van der Waals surface area contributed by atoms with Crippen LogP contribution in [0.15, 0.2) is 48.8 Å². The summed E-state index contributed by atoms with van der Waals surface area (Å²) < 4.78 is 12.6. The SMILES string of the molecule is COc1cc(Cl)ccc1-c1cc(NC(=O)OCc2ccc3c(c2)ncn3C)n[nH]1. The highest BCUT2D eigenvalue weighted by Gasteiger charge is 2.12. The molecule has 0 atom stereocenters. The van der Waals surface area contributed by atoms with Crippen LogP contribution in [0.4, 0.5) is 10.6 Å². The second kappa shape index (κ2) is 7.84. The summed E-state index contributed by atoms with van der Waals surface area (Å²) in [5.41, 5.74) is 4.16. The number of imidazole rings is 1. The zero-order chi connectivity index (χ0) is 20.4. The quantitative estimate of drug-likeness (QED) is 0.508. The number of halogens is 1. The van der Waals surface area contributed by atoms with E-state index >= 15 is 0 Å². The van der Waals surface area contributed by atoms with Gasteiger partial charge in [0.1, 0.15) is 12.4 Å². The van der Waals surface area contributed by atoms with Crippen molar-refractivity contribution in [2.24, 2.45) is 7.05 Å². The monoisotopic (exact) mass is 411 g/mol. The smallest absolute Gasteiger partial charge is 0.413 e. The van der Waals surface area contributed by atoms with Crippen LogP contribution in [0.3, 0.4) is 0 Å². The Morgan fingerprint density at radius 2 is 2.10 bits per heavy atom. The van der Waals surface area contributed by atoms with E-state index in [2.05, 4.69) is 20.5 Å². The van der Waals surface area contributed by atoms with Gasteiger partial charge in [-0.05, 0) is 35.9 Å². The van der Waals surface area contributed by atoms with Crippen molar-refractivity contribution >= 4 is 34.5 Å². The van der Waals surface area contributed by atoms with Crippen LogP contribution in [0.2, 0.25) is 5.02 Å². The summed E-state index contributed by atoms with van der Waals surface area (Å²) in [6.45, 7) is 0.126. The fraction of sp³-hybridized carbons (Fsp3) is 0.150. The summed E-state index contributed by atoms with van der Waals surface area (Å²) in [7, 11) is 3.49. The molecule has 0 unspecified atom stereocenters. The van der Waals surface area contributed by atoms with E-state index in [0.717, 1.165) is 22.2 Å². The molecular formula is C20H18ClN5O3. The van der Waals surface area contributed by atoms with Crippen molar-refractivity contribution in [1.29, 1.82) is 0 Å². The van der Waals surface area contributed by atoms with Crippen molar-refractivity contribution in [3.05, 3.63) is 59.4 Å². The number of amides is 1. The molecule has 8 nitrogen and oxygen atoms in total. The number of fused-ring (bicyclic) bond motifs is 1. The first-order valence-electron chi connectivity index (χ1n) is 8.76. The molecule has 0 radical (unpaired) electrons. The van der Waals surface area contributed by atoms with Crippen LogP contribution < -0.4 is 10.1 Å². The van der Waals surface area contributed by atoms with Gasteiger partial charge in [0.05, 0.1) is 30.2 Å². The molecule has 0 spiro atoms. The number of rotatable bonds is 5. The maximum Gasteiger partial charge on any atom is 0.413 e. The molecule has 0 aliphatic rings. The molecular weight excluding hydrogens is 394 g/mol. The second-order valence-corrected chi connectivity index (χ2v) is 6.83. The van der Waals surface area contributed by atoms with E-state index in [1.807, 2.05) is 35.9 Å². The van der Waals surface area contributed by atoms with Crippen molar-refractivity contribution in [2.75, 3.05) is 12.4 Å². The highest BCUT2D eigenvalue weighted by Crippen LogP contribution is 2.32. The first kappa shape index (κ1) is 18.8. The molecule has 0 saturated heterocycles. The molecule has 1 amide bonds. The van der Waals surface area contributed by atoms with Gasteiger partial charge >= 0.3 is 6.09 Å². The van der Waals surface area contributed by atoms with Crippen LogP contribution in [0.1, 0.15) is 5.56 Å². The third kappa shape index (κ3) is 4.02. The lowest BCUT2D eigenvalue weighted by atomic mass is 10.1. The number of H-pyrrole nitrogens is 1. The van der Waals surface area contributed by atoms with Gasteiger partial charge in [-0.2, -0.15) is 5.10 Å². The highest BCUT2D eigenvalue weighted by molar-refractivity contribution is 6.30. The predicted molar refractivity (Wildman–Crippen MR) is 110 cm³/mol. The number of carbonyl (C=O) groups is 1. The highest BCUT2D eigenvalue weighted by atomic mass is 35.5. The molecule has 0 saturated carbocycles. The number of nitrogens with one attached hydrogen (secondary N) is 2. The van der Waals surface area contributed by atoms with Crippen LogP contribution in [-0.2, 0) is 18.4 Å². The van der Waals surface area contributed by atoms with Crippen LogP contribution in [-0.4, -0.2) is 33.0 Å². The Bertz CT molecular complexity index is 1180. The molecule has 0 bridgehead atoms. The maximum absolute atomic E-state index is 12.1. The minimum Gasteiger partial charge on any atom is -0.496 e. The number of hydrogen-bond acceptors (Lipinski definition) is 5. The largest absolute Gasteiger partial charge is 0.496 e. The number of benzene rings is 2. The molecule has 0 aliphatic carbocycles. The van der Waals surface area contributed by atoms with E-state index in [9.17, 15) is 4.79 Å². The molecule has 0 aliphatic heterocycles. The van der Waals surface area contributed by atoms with Crippen molar-refractivity contribution in [1.82, 2.24) is 19.7 Å². The zero-order valence-corrected chi connectivity index (χ0v) is 16.5. The lowest BCUT2D eigenvalue weighted by Crippen LogP contribution is -2.13. The van der Waals surface area contributed by atoms with E-state index in [1.54, 1.807) is 31.6 Å². The summed E-state index contributed by atoms with van der Waals surface area (Å²) in [5.74, 6) is 0.933. The van der Waals surface area contributed by atoms with Gasteiger partial charge in [-0.15, -0.1) is 0 Å². The Kier molecular flexibility index (Phi) is 5.09. The van der Waals surface area contributed by atoms with Crippen LogP contribution in [0.5, 0.6) is 5.75 Å². The van der Waals surface area contributed by atoms with Gasteiger partial charge in [-0.25, -0.2) is 9.78 Å². The molecule has 2 heterocycles. The molecule has 2 N–H and O–H groups in total. The normalized spacial score (nSPS) is 10.9. The summed E-state index contributed by atoms with van der Waals surface area (Å²) in [6.07, 6.45) is 1.14. The Morgan fingerprint density at radius 1 is 1.24 bits per heavy atom. The minimum atomic E-state index is -0.604. The van der Waals surface area contributed by atoms with Gasteiger partial charge in [0.25, 0.3) is 0 Å². The standard InChI is InChI=1S/C20H18ClN5O3/c1-26-11-22-16-7-12(3-6-17(16)26)10-29-20(27)23-19-9-15(24-25-19)14-5-4-13(21)8-18(14)28-2/h3-9,11H,10H2,1-2H3,(H2,23,24,25,27). The number of anilines is 1. The van der Waals surface area contributed by atoms with Crippen molar-refractivity contribution < 1.29 is 14.3 Å². The first-order chi connectivity index (χ1) is 14.0. The van der Waals surface area contributed by atoms with Crippen LogP contribution in [0, 0.1) is 0 Å². The van der Waals surface area contributed by atoms with Gasteiger partial charge in [-0.3, -0.25) is 10.4 Å². The second-order valence-electron chi connectivity index (χ2n) is 6.39. The molecule has 2 aromatic carbocycles. The third-order valence-corrected chi connectivity index (χ3v) is 4.66. The molecule has 4 rings (SSSR count). The van der Waals surface area contributed by atoms with Gasteiger partial charge in [-0.1, -0.05) is 17.7 Å². The van der Waals surface area contributed by atoms with Gasteiger partial charge in [0.15, 0.2) is 5.82 Å². The molecule has 148 valence electrons. The number of aromatic amines is 1. The topological polar surface area (TPSA) is 94.1 Å². The Labute approximate surface area is 171 Å². The number of methoxy groups -OCH3 is 1. The maximum atomic E-state index is 12.1. The lowest BCUT2D eigenvalue weighted by Gasteiger charge is -2.06. The molecule has 9 heteroatoms. The minimum absolute atomic E-state index is 0.126. The number of aryl methyl sites for hydroxylation is 1. The number of nitrogens with zero attached hydrogens (tertiary/aromatic N) is 3. The number of hydrogen-bond donors (Lipinski definition) is 2. The van der Waals surface area contributed by atoms with Crippen molar-refractivity contribution in [3.8, 4) is 17.0 Å². The zero-order valence-electron chi connectivity index (χ0n) is 15.8. The average molecular weight is 412 g/mol. The summed E-state index contributed by atoms with van der Waals surface area (Å²) in [4.78, 5) is 16.4. The lowest BCUT2D eigenvalue weighted by molar-refractivity contribution is 0.155. The number of carbonyl (C=O) groups excluding carboxylic acids is 1. The Balaban J connectivity index is 1.40. The Hall–Kier alpha value is -3.52. The van der Waals surface area contributed by atoms with Crippen LogP contribution >= 0.6 is 11.6 Å². The van der Waals surface area contributed by atoms with Gasteiger partial charge in [0.2, 0.25) is 0 Å². The fourth-order valence-electron chi connectivity index (χ4n) is 2.97. The van der Waals surface area contributed by atoms with Crippen molar-refractivity contribution in [3.63, 3.8) is 0 Å². The fourth-order valence-corrected chi connectivity index (χ4v) is 3.13. The summed E-state index contributed by atoms with van der Waals surface area (Å²) in [6, 6.07) is 12.7. The van der Waals surface area contributed by atoms with Crippen LogP contribution in [0.25, 0.3) is 22.3 Å². The molecule has 4 aromatic rings. The summed E-state index contributed by atoms with van der Waals surface area (Å²) >= 11 is 5.99. The van der Waals surface area contributed by atoms with E-state index in [-0.39, 0.29) is 6.61 Å². The molecule has 2 aromatic heterocycles. The van der Waals surface area contributed by atoms with E-state index in [0.29, 0.717) is 22.3 Å². The first-order valence-corrected chi connectivity index (χ1v) is 9.14. The predicted octanol–water partition coefficient (Wildman–Crippen LogP) is 4.37. The molecule has 0 fully saturated rings. The van der Waals surface area contributed by atoms with E-state index in [1.165, 1.54) is 0 Å². The van der Waals surface area contributed by atoms with Gasteiger partial charge < -0.3 is 14.0 Å². The van der Waals surface area contributed by atoms with Gasteiger partial charge in [0, 0.05) is 23.7 Å². The van der Waals surface area contributed by atoms with E-state index < -0.39 is 6.09 Å². The third-order valence-electron chi connectivity index (χ3n) is 4.42. The van der Waals surface area contributed by atoms with E-state index in [4.69, 9.17) is 21.1 Å². The Morgan fingerprint density at radius 3 is 2.93 bits per heavy atom.